The predicted octanol–water partition coefficient (Wildman–Crippen LogP) is 0.897. The molecule has 1 rings (SSSR count). The van der Waals surface area contributed by atoms with Crippen molar-refractivity contribution in [2.75, 3.05) is 6.54 Å². The van der Waals surface area contributed by atoms with Crippen molar-refractivity contribution in [3.63, 3.8) is 0 Å². The number of nitrogens with zero attached hydrogens (tertiary/aromatic N) is 1. The molecule has 0 saturated heterocycles. The van der Waals surface area contributed by atoms with Gasteiger partial charge in [0, 0.05) is 18.9 Å². The second-order valence-corrected chi connectivity index (χ2v) is 3.55. The van der Waals surface area contributed by atoms with Crippen LogP contribution in [-0.2, 0) is 17.9 Å². The van der Waals surface area contributed by atoms with E-state index in [-0.39, 0.29) is 12.5 Å². The Morgan fingerprint density at radius 3 is 3.00 bits per heavy atom. The SMILES string of the molecule is CCCCNC(=O)Cn1ccc(CO)c1. The molecule has 0 radical (unpaired) electrons. The summed E-state index contributed by atoms with van der Waals surface area (Å²) in [5, 5.41) is 11.7. The molecule has 84 valence electrons. The average molecular weight is 210 g/mol. The zero-order valence-electron chi connectivity index (χ0n) is 9.07. The van der Waals surface area contributed by atoms with E-state index in [0.717, 1.165) is 24.9 Å². The van der Waals surface area contributed by atoms with Crippen LogP contribution in [0.4, 0.5) is 0 Å². The summed E-state index contributed by atoms with van der Waals surface area (Å²) in [7, 11) is 0. The molecule has 2 N–H and O–H groups in total. The largest absolute Gasteiger partial charge is 0.392 e. The van der Waals surface area contributed by atoms with E-state index in [1.54, 1.807) is 23.0 Å². The fraction of sp³-hybridized carbons (Fsp3) is 0.545. The highest BCUT2D eigenvalue weighted by molar-refractivity contribution is 5.75. The van der Waals surface area contributed by atoms with E-state index >= 15 is 0 Å². The van der Waals surface area contributed by atoms with E-state index in [2.05, 4.69) is 12.2 Å². The zero-order valence-corrected chi connectivity index (χ0v) is 9.07. The number of unbranched alkanes of at least 4 members (excludes halogenated alkanes) is 1. The van der Waals surface area contributed by atoms with Crippen molar-refractivity contribution >= 4 is 5.91 Å². The lowest BCUT2D eigenvalue weighted by molar-refractivity contribution is -0.121. The summed E-state index contributed by atoms with van der Waals surface area (Å²) in [6, 6.07) is 1.80. The lowest BCUT2D eigenvalue weighted by Crippen LogP contribution is -2.27. The highest BCUT2D eigenvalue weighted by Gasteiger charge is 2.01. The number of amides is 1. The number of aromatic nitrogens is 1. The van der Waals surface area contributed by atoms with Gasteiger partial charge in [-0.15, -0.1) is 0 Å². The molecule has 4 heteroatoms. The third-order valence-corrected chi connectivity index (χ3v) is 2.17. The number of rotatable bonds is 6. The Bertz CT molecular complexity index is 307. The Morgan fingerprint density at radius 2 is 2.40 bits per heavy atom. The van der Waals surface area contributed by atoms with Gasteiger partial charge in [0.05, 0.1) is 6.61 Å². The van der Waals surface area contributed by atoms with Crippen molar-refractivity contribution in [2.24, 2.45) is 0 Å². The van der Waals surface area contributed by atoms with Gasteiger partial charge in [-0.2, -0.15) is 0 Å². The Morgan fingerprint density at radius 1 is 1.60 bits per heavy atom. The molecule has 1 aromatic heterocycles. The molecule has 0 aliphatic rings. The molecule has 0 aliphatic heterocycles. The Labute approximate surface area is 89.9 Å². The number of carbonyl (C=O) groups is 1. The van der Waals surface area contributed by atoms with Gasteiger partial charge in [0.25, 0.3) is 0 Å². The molecule has 0 saturated carbocycles. The summed E-state index contributed by atoms with van der Waals surface area (Å²) in [5.41, 5.74) is 0.830. The maximum atomic E-state index is 11.4. The van der Waals surface area contributed by atoms with Crippen LogP contribution in [0.15, 0.2) is 18.5 Å². The van der Waals surface area contributed by atoms with Gasteiger partial charge in [0.2, 0.25) is 5.91 Å². The molecule has 0 bridgehead atoms. The summed E-state index contributed by atoms with van der Waals surface area (Å²) in [5.74, 6) is 0.0172. The highest BCUT2D eigenvalue weighted by Crippen LogP contribution is 2.00. The summed E-state index contributed by atoms with van der Waals surface area (Å²) in [6.45, 7) is 3.17. The molecule has 0 spiro atoms. The van der Waals surface area contributed by atoms with Crippen molar-refractivity contribution in [1.29, 1.82) is 0 Å². The molecule has 15 heavy (non-hydrogen) atoms. The van der Waals surface area contributed by atoms with Crippen LogP contribution >= 0.6 is 0 Å². The minimum Gasteiger partial charge on any atom is -0.392 e. The molecule has 1 amide bonds. The molecule has 0 aliphatic carbocycles. The topological polar surface area (TPSA) is 54.3 Å². The van der Waals surface area contributed by atoms with E-state index in [1.165, 1.54) is 0 Å². The summed E-state index contributed by atoms with van der Waals surface area (Å²) >= 11 is 0. The molecule has 0 fully saturated rings. The van der Waals surface area contributed by atoms with E-state index in [4.69, 9.17) is 5.11 Å². The normalized spacial score (nSPS) is 10.3. The molecular weight excluding hydrogens is 192 g/mol. The van der Waals surface area contributed by atoms with Crippen LogP contribution in [-0.4, -0.2) is 22.1 Å². The molecular formula is C11H18N2O2. The average Bonchev–Trinajstić information content (AvgIpc) is 2.66. The van der Waals surface area contributed by atoms with Gasteiger partial charge < -0.3 is 15.0 Å². The maximum absolute atomic E-state index is 11.4. The van der Waals surface area contributed by atoms with Gasteiger partial charge in [0.15, 0.2) is 0 Å². The van der Waals surface area contributed by atoms with Crippen molar-refractivity contribution < 1.29 is 9.90 Å². The van der Waals surface area contributed by atoms with Crippen molar-refractivity contribution in [3.8, 4) is 0 Å². The van der Waals surface area contributed by atoms with Crippen LogP contribution in [0.25, 0.3) is 0 Å². The second-order valence-electron chi connectivity index (χ2n) is 3.55. The quantitative estimate of drug-likeness (QED) is 0.685. The Kier molecular flexibility index (Phi) is 4.90. The number of aliphatic hydroxyl groups excluding tert-OH is 1. The number of hydrogen-bond acceptors (Lipinski definition) is 2. The molecule has 0 unspecified atom stereocenters. The number of nitrogens with one attached hydrogen (secondary N) is 1. The van der Waals surface area contributed by atoms with Crippen molar-refractivity contribution in [2.45, 2.75) is 32.9 Å². The first-order chi connectivity index (χ1) is 7.26. The van der Waals surface area contributed by atoms with Crippen LogP contribution < -0.4 is 5.32 Å². The van der Waals surface area contributed by atoms with Crippen LogP contribution in [0.3, 0.4) is 0 Å². The summed E-state index contributed by atoms with van der Waals surface area (Å²) in [4.78, 5) is 11.4. The van der Waals surface area contributed by atoms with Crippen LogP contribution in [0.1, 0.15) is 25.3 Å². The molecule has 1 aromatic rings. The Hall–Kier alpha value is -1.29. The van der Waals surface area contributed by atoms with E-state index in [1.807, 2.05) is 0 Å². The fourth-order valence-electron chi connectivity index (χ4n) is 1.31. The molecule has 1 heterocycles. The smallest absolute Gasteiger partial charge is 0.239 e. The lowest BCUT2D eigenvalue weighted by Gasteiger charge is -2.04. The second kappa shape index (κ2) is 6.24. The molecule has 0 atom stereocenters. The third kappa shape index (κ3) is 4.16. The van der Waals surface area contributed by atoms with Gasteiger partial charge in [-0.3, -0.25) is 4.79 Å². The Balaban J connectivity index is 2.31. The number of carbonyl (C=O) groups excluding carboxylic acids is 1. The highest BCUT2D eigenvalue weighted by atomic mass is 16.3. The van der Waals surface area contributed by atoms with E-state index in [0.29, 0.717) is 6.54 Å². The van der Waals surface area contributed by atoms with Crippen molar-refractivity contribution in [1.82, 2.24) is 9.88 Å². The first-order valence-corrected chi connectivity index (χ1v) is 5.28. The lowest BCUT2D eigenvalue weighted by atomic mass is 10.3. The number of aliphatic hydroxyl groups is 1. The van der Waals surface area contributed by atoms with Gasteiger partial charge in [-0.25, -0.2) is 0 Å². The summed E-state index contributed by atoms with van der Waals surface area (Å²) in [6.07, 6.45) is 5.67. The van der Waals surface area contributed by atoms with Crippen LogP contribution in [0.2, 0.25) is 0 Å². The first-order valence-electron chi connectivity index (χ1n) is 5.28. The van der Waals surface area contributed by atoms with E-state index < -0.39 is 0 Å². The van der Waals surface area contributed by atoms with Crippen LogP contribution in [0, 0.1) is 0 Å². The van der Waals surface area contributed by atoms with E-state index in [9.17, 15) is 4.79 Å². The zero-order chi connectivity index (χ0) is 11.1. The number of hydrogen-bond donors (Lipinski definition) is 2. The minimum absolute atomic E-state index is 0.0172. The summed E-state index contributed by atoms with van der Waals surface area (Å²) < 4.78 is 1.77. The fourth-order valence-corrected chi connectivity index (χ4v) is 1.31. The monoisotopic (exact) mass is 210 g/mol. The van der Waals surface area contributed by atoms with Gasteiger partial charge >= 0.3 is 0 Å². The van der Waals surface area contributed by atoms with Gasteiger partial charge in [-0.05, 0) is 18.1 Å². The standard InChI is InChI=1S/C11H18N2O2/c1-2-3-5-12-11(15)8-13-6-4-10(7-13)9-14/h4,6-7,14H,2-3,5,8-9H2,1H3,(H,12,15). The molecule has 4 nitrogen and oxygen atoms in total. The predicted molar refractivity (Wildman–Crippen MR) is 58.3 cm³/mol. The van der Waals surface area contributed by atoms with Gasteiger partial charge in [0.1, 0.15) is 6.54 Å². The van der Waals surface area contributed by atoms with Crippen LogP contribution in [0.5, 0.6) is 0 Å². The van der Waals surface area contributed by atoms with Crippen molar-refractivity contribution in [3.05, 3.63) is 24.0 Å². The maximum Gasteiger partial charge on any atom is 0.239 e. The third-order valence-electron chi connectivity index (χ3n) is 2.17. The van der Waals surface area contributed by atoms with Gasteiger partial charge in [-0.1, -0.05) is 13.3 Å². The molecule has 0 aromatic carbocycles. The first kappa shape index (κ1) is 11.8. The minimum atomic E-state index is 0.0172.